The largest absolute Gasteiger partial charge is 0.493 e. The lowest BCUT2D eigenvalue weighted by molar-refractivity contribution is 0.355. The highest BCUT2D eigenvalue weighted by Gasteiger charge is 2.16. The van der Waals surface area contributed by atoms with E-state index in [4.69, 9.17) is 14.7 Å². The number of aryl methyl sites for hydroxylation is 1. The van der Waals surface area contributed by atoms with Crippen LogP contribution in [0.25, 0.3) is 22.6 Å². The maximum Gasteiger partial charge on any atom is 0.163 e. The van der Waals surface area contributed by atoms with Crippen molar-refractivity contribution in [2.45, 2.75) is 13.0 Å². The van der Waals surface area contributed by atoms with Crippen LogP contribution in [0.1, 0.15) is 6.42 Å². The Hall–Kier alpha value is -3.07. The second kappa shape index (κ2) is 6.36. The smallest absolute Gasteiger partial charge is 0.163 e. The Morgan fingerprint density at radius 3 is 2.61 bits per heavy atom. The molecule has 0 spiro atoms. The molecule has 3 rings (SSSR count). The Bertz CT molecular complexity index is 866. The number of benzene rings is 1. The van der Waals surface area contributed by atoms with Gasteiger partial charge >= 0.3 is 0 Å². The van der Waals surface area contributed by atoms with E-state index in [-0.39, 0.29) is 0 Å². The molecule has 116 valence electrons. The summed E-state index contributed by atoms with van der Waals surface area (Å²) in [5.41, 5.74) is 2.43. The minimum absolute atomic E-state index is 0.389. The van der Waals surface area contributed by atoms with Gasteiger partial charge in [-0.1, -0.05) is 6.07 Å². The van der Waals surface area contributed by atoms with Crippen LogP contribution in [-0.2, 0) is 6.54 Å². The molecule has 0 unspecified atom stereocenters. The standard InChI is InChI=1S/C17H16N4O2/c1-22-15-10-13-14(11-16(15)23-2)21(9-5-7-18)17(20-13)12-6-3-4-8-19-12/h3-4,6,8,10-11H,5,9H2,1-2H3. The van der Waals surface area contributed by atoms with Gasteiger partial charge in [-0.15, -0.1) is 0 Å². The van der Waals surface area contributed by atoms with Gasteiger partial charge < -0.3 is 14.0 Å². The minimum Gasteiger partial charge on any atom is -0.493 e. The van der Waals surface area contributed by atoms with E-state index in [2.05, 4.69) is 16.0 Å². The Kier molecular flexibility index (Phi) is 4.11. The summed E-state index contributed by atoms with van der Waals surface area (Å²) < 4.78 is 12.7. The normalized spacial score (nSPS) is 10.5. The first-order chi connectivity index (χ1) is 11.3. The maximum atomic E-state index is 8.94. The molecule has 0 aliphatic carbocycles. The first kappa shape index (κ1) is 14.9. The predicted molar refractivity (Wildman–Crippen MR) is 86.3 cm³/mol. The fraction of sp³-hybridized carbons (Fsp3) is 0.235. The number of rotatable bonds is 5. The van der Waals surface area contributed by atoms with Gasteiger partial charge in [-0.3, -0.25) is 4.98 Å². The number of nitrogens with zero attached hydrogens (tertiary/aromatic N) is 4. The summed E-state index contributed by atoms with van der Waals surface area (Å²) in [4.78, 5) is 9.04. The third-order valence-electron chi connectivity index (χ3n) is 3.59. The van der Waals surface area contributed by atoms with E-state index in [1.165, 1.54) is 0 Å². The highest BCUT2D eigenvalue weighted by Crippen LogP contribution is 2.34. The highest BCUT2D eigenvalue weighted by molar-refractivity contribution is 5.83. The molecular weight excluding hydrogens is 292 g/mol. The number of fused-ring (bicyclic) bond motifs is 1. The van der Waals surface area contributed by atoms with Crippen molar-refractivity contribution in [2.24, 2.45) is 0 Å². The molecule has 0 saturated carbocycles. The molecule has 0 fully saturated rings. The molecule has 0 aliphatic heterocycles. The molecular formula is C17H16N4O2. The van der Waals surface area contributed by atoms with Gasteiger partial charge in [-0.25, -0.2) is 4.98 Å². The molecule has 0 amide bonds. The van der Waals surface area contributed by atoms with Gasteiger partial charge in [0.25, 0.3) is 0 Å². The van der Waals surface area contributed by atoms with E-state index >= 15 is 0 Å². The molecule has 2 heterocycles. The van der Waals surface area contributed by atoms with Crippen LogP contribution < -0.4 is 9.47 Å². The number of aromatic nitrogens is 3. The summed E-state index contributed by atoms with van der Waals surface area (Å²) in [7, 11) is 3.19. The van der Waals surface area contributed by atoms with Gasteiger partial charge in [0.15, 0.2) is 17.3 Å². The minimum atomic E-state index is 0.389. The molecule has 2 aromatic heterocycles. The fourth-order valence-corrected chi connectivity index (χ4v) is 2.53. The second-order valence-electron chi connectivity index (χ2n) is 4.91. The van der Waals surface area contributed by atoms with Crippen molar-refractivity contribution in [3.05, 3.63) is 36.5 Å². The molecule has 1 aromatic carbocycles. The Morgan fingerprint density at radius 1 is 1.17 bits per heavy atom. The summed E-state index contributed by atoms with van der Waals surface area (Å²) >= 11 is 0. The summed E-state index contributed by atoms with van der Waals surface area (Å²) in [6, 6.07) is 11.6. The predicted octanol–water partition coefficient (Wildman–Crippen LogP) is 3.03. The van der Waals surface area contributed by atoms with E-state index < -0.39 is 0 Å². The van der Waals surface area contributed by atoms with Crippen molar-refractivity contribution in [3.8, 4) is 29.1 Å². The van der Waals surface area contributed by atoms with Gasteiger partial charge in [0.1, 0.15) is 5.69 Å². The zero-order chi connectivity index (χ0) is 16.2. The van der Waals surface area contributed by atoms with Gasteiger partial charge in [0, 0.05) is 24.9 Å². The fourth-order valence-electron chi connectivity index (χ4n) is 2.53. The van der Waals surface area contributed by atoms with E-state index in [1.807, 2.05) is 34.9 Å². The number of hydrogen-bond donors (Lipinski definition) is 0. The quantitative estimate of drug-likeness (QED) is 0.724. The lowest BCUT2D eigenvalue weighted by atomic mass is 10.2. The molecule has 0 radical (unpaired) electrons. The number of ether oxygens (including phenoxy) is 2. The van der Waals surface area contributed by atoms with Crippen LogP contribution in [-0.4, -0.2) is 28.8 Å². The van der Waals surface area contributed by atoms with Crippen LogP contribution in [0.5, 0.6) is 11.5 Å². The SMILES string of the molecule is COc1cc2nc(-c3ccccn3)n(CCC#N)c2cc1OC. The summed E-state index contributed by atoms with van der Waals surface area (Å²) in [6.07, 6.45) is 2.12. The zero-order valence-electron chi connectivity index (χ0n) is 13.0. The first-order valence-corrected chi connectivity index (χ1v) is 7.19. The molecule has 3 aromatic rings. The van der Waals surface area contributed by atoms with Gasteiger partial charge in [0.2, 0.25) is 0 Å². The lowest BCUT2D eigenvalue weighted by Gasteiger charge is -2.09. The molecule has 23 heavy (non-hydrogen) atoms. The van der Waals surface area contributed by atoms with Gasteiger partial charge in [-0.05, 0) is 12.1 Å². The van der Waals surface area contributed by atoms with E-state index in [9.17, 15) is 0 Å². The highest BCUT2D eigenvalue weighted by atomic mass is 16.5. The topological polar surface area (TPSA) is 73.0 Å². The van der Waals surface area contributed by atoms with E-state index in [1.54, 1.807) is 20.4 Å². The number of pyridine rings is 1. The molecule has 0 saturated heterocycles. The van der Waals surface area contributed by atoms with Crippen molar-refractivity contribution < 1.29 is 9.47 Å². The van der Waals surface area contributed by atoms with Crippen molar-refractivity contribution >= 4 is 11.0 Å². The zero-order valence-corrected chi connectivity index (χ0v) is 13.0. The number of nitriles is 1. The molecule has 6 nitrogen and oxygen atoms in total. The number of methoxy groups -OCH3 is 2. The van der Waals surface area contributed by atoms with Crippen LogP contribution in [0.4, 0.5) is 0 Å². The molecule has 0 aliphatic rings. The van der Waals surface area contributed by atoms with Crippen LogP contribution in [0.3, 0.4) is 0 Å². The van der Waals surface area contributed by atoms with Crippen LogP contribution >= 0.6 is 0 Å². The third-order valence-corrected chi connectivity index (χ3v) is 3.59. The second-order valence-corrected chi connectivity index (χ2v) is 4.91. The average molecular weight is 308 g/mol. The summed E-state index contributed by atoms with van der Waals surface area (Å²) in [5, 5.41) is 8.94. The van der Waals surface area contributed by atoms with E-state index in [0.29, 0.717) is 24.5 Å². The van der Waals surface area contributed by atoms with Gasteiger partial charge in [-0.2, -0.15) is 5.26 Å². The summed E-state index contributed by atoms with van der Waals surface area (Å²) in [6.45, 7) is 0.536. The number of imidazole rings is 1. The van der Waals surface area contributed by atoms with Crippen molar-refractivity contribution in [1.29, 1.82) is 5.26 Å². The molecule has 0 bridgehead atoms. The van der Waals surface area contributed by atoms with Crippen LogP contribution in [0.15, 0.2) is 36.5 Å². The Balaban J connectivity index is 2.25. The van der Waals surface area contributed by atoms with Crippen molar-refractivity contribution in [3.63, 3.8) is 0 Å². The van der Waals surface area contributed by atoms with Gasteiger partial charge in [0.05, 0.1) is 37.7 Å². The Labute approximate surface area is 133 Å². The van der Waals surface area contributed by atoms with Crippen LogP contribution in [0, 0.1) is 11.3 Å². The van der Waals surface area contributed by atoms with Crippen molar-refractivity contribution in [2.75, 3.05) is 14.2 Å². The monoisotopic (exact) mass is 308 g/mol. The molecule has 0 atom stereocenters. The van der Waals surface area contributed by atoms with Crippen molar-refractivity contribution in [1.82, 2.24) is 14.5 Å². The maximum absolute atomic E-state index is 8.94. The Morgan fingerprint density at radius 2 is 1.96 bits per heavy atom. The average Bonchev–Trinajstić information content (AvgIpc) is 2.96. The third kappa shape index (κ3) is 2.69. The number of hydrogen-bond acceptors (Lipinski definition) is 5. The summed E-state index contributed by atoms with van der Waals surface area (Å²) in [5.74, 6) is 1.98. The first-order valence-electron chi connectivity index (χ1n) is 7.19. The molecule has 6 heteroatoms. The van der Waals surface area contributed by atoms with E-state index in [0.717, 1.165) is 22.6 Å². The van der Waals surface area contributed by atoms with Crippen LogP contribution in [0.2, 0.25) is 0 Å². The molecule has 0 N–H and O–H groups in total. The lowest BCUT2D eigenvalue weighted by Crippen LogP contribution is -2.01.